The van der Waals surface area contributed by atoms with Crippen LogP contribution in [0.3, 0.4) is 0 Å². The van der Waals surface area contributed by atoms with Crippen LogP contribution in [0.1, 0.15) is 37.8 Å². The molecule has 0 saturated heterocycles. The maximum absolute atomic E-state index is 12.5. The Kier molecular flexibility index (Phi) is 4.72. The van der Waals surface area contributed by atoms with Crippen molar-refractivity contribution in [1.82, 2.24) is 5.16 Å². The van der Waals surface area contributed by atoms with E-state index in [1.807, 2.05) is 6.07 Å². The number of hydrogen-bond acceptors (Lipinski definition) is 6. The molecule has 0 saturated carbocycles. The molecule has 4 rings (SSSR count). The van der Waals surface area contributed by atoms with Crippen molar-refractivity contribution in [1.29, 1.82) is 0 Å². The molecular formula is C19H19N3O4S2. The van der Waals surface area contributed by atoms with Crippen LogP contribution in [0.4, 0.5) is 11.6 Å². The molecule has 1 amide bonds. The number of hydrogen-bond donors (Lipinski definition) is 2. The minimum absolute atomic E-state index is 0.0639. The number of amides is 1. The Balaban J connectivity index is 1.47. The summed E-state index contributed by atoms with van der Waals surface area (Å²) in [6, 6.07) is 7.95. The van der Waals surface area contributed by atoms with Crippen molar-refractivity contribution in [3.63, 3.8) is 0 Å². The van der Waals surface area contributed by atoms with Crippen LogP contribution in [0.25, 0.3) is 0 Å². The first-order valence-electron chi connectivity index (χ1n) is 8.82. The Morgan fingerprint density at radius 3 is 2.57 bits per heavy atom. The van der Waals surface area contributed by atoms with E-state index in [2.05, 4.69) is 15.2 Å². The molecule has 0 radical (unpaired) electrons. The molecule has 0 unspecified atom stereocenters. The molecule has 3 aromatic rings. The highest BCUT2D eigenvalue weighted by molar-refractivity contribution is 7.92. The quantitative estimate of drug-likeness (QED) is 0.656. The summed E-state index contributed by atoms with van der Waals surface area (Å²) in [6.45, 7) is 3.46. The van der Waals surface area contributed by atoms with Gasteiger partial charge in [0, 0.05) is 16.1 Å². The molecule has 0 atom stereocenters. The van der Waals surface area contributed by atoms with Crippen molar-refractivity contribution < 1.29 is 17.7 Å². The molecule has 28 heavy (non-hydrogen) atoms. The summed E-state index contributed by atoms with van der Waals surface area (Å²) in [4.78, 5) is 14.5. The van der Waals surface area contributed by atoms with Crippen LogP contribution in [0.5, 0.6) is 0 Å². The predicted octanol–water partition coefficient (Wildman–Crippen LogP) is 3.89. The maximum atomic E-state index is 12.5. The number of nitrogens with zero attached hydrogens (tertiary/aromatic N) is 1. The van der Waals surface area contributed by atoms with Gasteiger partial charge in [-0.15, -0.1) is 11.3 Å². The fourth-order valence-electron chi connectivity index (χ4n) is 3.04. The average molecular weight is 418 g/mol. The largest absolute Gasteiger partial charge is 0.337 e. The standard InChI is InChI=1S/C19H19N3O4S2/c1-11-12(2)21-26-19(11)22-28(24,25)15-8-6-14(7-9-15)20-18(23)17-10-13-4-3-5-16(13)27-17/h6-10,22H,3-5H2,1-2H3,(H,20,23). The third-order valence-electron chi connectivity index (χ3n) is 4.78. The Morgan fingerprint density at radius 2 is 1.93 bits per heavy atom. The molecule has 146 valence electrons. The fourth-order valence-corrected chi connectivity index (χ4v) is 5.24. The van der Waals surface area contributed by atoms with Gasteiger partial charge in [0.1, 0.15) is 0 Å². The Morgan fingerprint density at radius 1 is 1.18 bits per heavy atom. The number of aromatic nitrogens is 1. The SMILES string of the molecule is Cc1noc(NS(=O)(=O)c2ccc(NC(=O)c3cc4c(s3)CCC4)cc2)c1C. The van der Waals surface area contributed by atoms with Gasteiger partial charge in [-0.25, -0.2) is 13.1 Å². The van der Waals surface area contributed by atoms with Gasteiger partial charge in [0.2, 0.25) is 5.88 Å². The lowest BCUT2D eigenvalue weighted by atomic mass is 10.2. The van der Waals surface area contributed by atoms with Gasteiger partial charge in [0.25, 0.3) is 15.9 Å². The fraction of sp³-hybridized carbons (Fsp3) is 0.263. The van der Waals surface area contributed by atoms with Gasteiger partial charge in [-0.05, 0) is 69.0 Å². The van der Waals surface area contributed by atoms with E-state index in [1.54, 1.807) is 26.0 Å². The highest BCUT2D eigenvalue weighted by Gasteiger charge is 2.20. The summed E-state index contributed by atoms with van der Waals surface area (Å²) < 4.78 is 32.4. The number of aryl methyl sites for hydroxylation is 3. The lowest BCUT2D eigenvalue weighted by Gasteiger charge is -2.08. The molecule has 2 aromatic heterocycles. The normalized spacial score (nSPS) is 13.4. The van der Waals surface area contributed by atoms with Crippen LogP contribution in [0.15, 0.2) is 39.8 Å². The third-order valence-corrected chi connectivity index (χ3v) is 7.36. The molecular weight excluding hydrogens is 398 g/mol. The van der Waals surface area contributed by atoms with Crippen molar-refractivity contribution >= 4 is 38.8 Å². The third kappa shape index (κ3) is 3.55. The molecule has 9 heteroatoms. The lowest BCUT2D eigenvalue weighted by Crippen LogP contribution is -2.14. The smallest absolute Gasteiger partial charge is 0.265 e. The van der Waals surface area contributed by atoms with E-state index in [4.69, 9.17) is 4.52 Å². The second-order valence-electron chi connectivity index (χ2n) is 6.72. The monoisotopic (exact) mass is 417 g/mol. The van der Waals surface area contributed by atoms with Gasteiger partial charge >= 0.3 is 0 Å². The number of sulfonamides is 1. The summed E-state index contributed by atoms with van der Waals surface area (Å²) in [7, 11) is -3.81. The van der Waals surface area contributed by atoms with E-state index >= 15 is 0 Å². The van der Waals surface area contributed by atoms with Gasteiger partial charge in [0.05, 0.1) is 15.5 Å². The van der Waals surface area contributed by atoms with Crippen molar-refractivity contribution in [3.05, 3.63) is 56.9 Å². The Labute approximate surface area is 166 Å². The number of carbonyl (C=O) groups is 1. The zero-order valence-corrected chi connectivity index (χ0v) is 17.0. The number of thiophene rings is 1. The zero-order chi connectivity index (χ0) is 19.9. The molecule has 0 fully saturated rings. The molecule has 2 heterocycles. The number of carbonyl (C=O) groups excluding carboxylic acids is 1. The highest BCUT2D eigenvalue weighted by Crippen LogP contribution is 2.31. The van der Waals surface area contributed by atoms with Crippen LogP contribution in [-0.4, -0.2) is 19.5 Å². The summed E-state index contributed by atoms with van der Waals surface area (Å²) in [5.74, 6) is -0.0819. The molecule has 0 bridgehead atoms. The van der Waals surface area contributed by atoms with Gasteiger partial charge in [-0.2, -0.15) is 0 Å². The summed E-state index contributed by atoms with van der Waals surface area (Å²) in [5, 5.41) is 6.55. The molecule has 1 aliphatic carbocycles. The number of nitrogens with one attached hydrogen (secondary N) is 2. The van der Waals surface area contributed by atoms with Gasteiger partial charge < -0.3 is 9.84 Å². The molecule has 2 N–H and O–H groups in total. The van der Waals surface area contributed by atoms with Crippen molar-refractivity contribution in [2.45, 2.75) is 38.0 Å². The predicted molar refractivity (Wildman–Crippen MR) is 108 cm³/mol. The highest BCUT2D eigenvalue weighted by atomic mass is 32.2. The van der Waals surface area contributed by atoms with Crippen LogP contribution >= 0.6 is 11.3 Å². The second-order valence-corrected chi connectivity index (χ2v) is 9.54. The zero-order valence-electron chi connectivity index (χ0n) is 15.4. The van der Waals surface area contributed by atoms with Crippen LogP contribution in [0.2, 0.25) is 0 Å². The number of rotatable bonds is 5. The average Bonchev–Trinajstić information content (AvgIpc) is 3.33. The molecule has 0 aliphatic heterocycles. The summed E-state index contributed by atoms with van der Waals surface area (Å²) in [5.41, 5.74) is 3.05. The van der Waals surface area contributed by atoms with E-state index < -0.39 is 10.0 Å². The molecule has 1 aromatic carbocycles. The topological polar surface area (TPSA) is 101 Å². The van der Waals surface area contributed by atoms with Gasteiger partial charge in [-0.3, -0.25) is 4.79 Å². The van der Waals surface area contributed by atoms with E-state index in [0.717, 1.165) is 19.3 Å². The van der Waals surface area contributed by atoms with E-state index in [-0.39, 0.29) is 16.7 Å². The van der Waals surface area contributed by atoms with Gasteiger partial charge in [-0.1, -0.05) is 5.16 Å². The number of benzene rings is 1. The van der Waals surface area contributed by atoms with Crippen molar-refractivity contribution in [2.24, 2.45) is 0 Å². The van der Waals surface area contributed by atoms with E-state index in [0.29, 0.717) is 21.8 Å². The maximum Gasteiger partial charge on any atom is 0.265 e. The molecule has 7 nitrogen and oxygen atoms in total. The van der Waals surface area contributed by atoms with Crippen molar-refractivity contribution in [3.8, 4) is 0 Å². The molecule has 1 aliphatic rings. The lowest BCUT2D eigenvalue weighted by molar-refractivity contribution is 0.103. The Hall–Kier alpha value is -2.65. The van der Waals surface area contributed by atoms with Crippen LogP contribution < -0.4 is 10.0 Å². The first kappa shape index (κ1) is 18.7. The summed E-state index contributed by atoms with van der Waals surface area (Å²) >= 11 is 1.53. The first-order valence-corrected chi connectivity index (χ1v) is 11.1. The summed E-state index contributed by atoms with van der Waals surface area (Å²) in [6.07, 6.45) is 3.22. The van der Waals surface area contributed by atoms with E-state index in [1.165, 1.54) is 33.9 Å². The minimum Gasteiger partial charge on any atom is -0.337 e. The number of anilines is 2. The number of fused-ring (bicyclic) bond motifs is 1. The first-order chi connectivity index (χ1) is 13.3. The van der Waals surface area contributed by atoms with Crippen LogP contribution in [0, 0.1) is 13.8 Å². The van der Waals surface area contributed by atoms with Crippen molar-refractivity contribution in [2.75, 3.05) is 10.0 Å². The Bertz CT molecular complexity index is 1120. The van der Waals surface area contributed by atoms with Gasteiger partial charge in [0.15, 0.2) is 0 Å². The van der Waals surface area contributed by atoms with Crippen LogP contribution in [-0.2, 0) is 22.9 Å². The second kappa shape index (κ2) is 7.06. The molecule has 0 spiro atoms. The van der Waals surface area contributed by atoms with E-state index in [9.17, 15) is 13.2 Å². The minimum atomic E-state index is -3.81.